The third kappa shape index (κ3) is 7.46. The van der Waals surface area contributed by atoms with E-state index in [1.165, 1.54) is 0 Å². The van der Waals surface area contributed by atoms with Gasteiger partial charge in [-0.3, -0.25) is 9.78 Å². The molecule has 3 atom stereocenters. The summed E-state index contributed by atoms with van der Waals surface area (Å²) >= 11 is 0. The summed E-state index contributed by atoms with van der Waals surface area (Å²) in [5, 5.41) is 12.6. The average molecular weight is 636 g/mol. The zero-order valence-electron chi connectivity index (χ0n) is 26.4. The molecule has 3 aliphatic rings. The molecule has 0 bridgehead atoms. The summed E-state index contributed by atoms with van der Waals surface area (Å²) in [4.78, 5) is 19.1. The average Bonchev–Trinajstić information content (AvgIpc) is 3.60. The van der Waals surface area contributed by atoms with Crippen molar-refractivity contribution in [3.63, 3.8) is 0 Å². The van der Waals surface area contributed by atoms with Gasteiger partial charge in [-0.15, -0.1) is 0 Å². The van der Waals surface area contributed by atoms with E-state index in [9.17, 15) is 9.90 Å². The fourth-order valence-corrected chi connectivity index (χ4v) is 6.73. The standard InChI is InChI=1S/C38H41N3O6/c42-26-27-7-9-29(10-8-27)35-22-33(25-41-18-15-38(16-19-41)44-20-21-45-38)46-37(47-35)30-13-11-28(12-14-30)34-6-2-1-4-31(34)24-40-36(43)32-5-3-17-39-23-32/h1-14,17,23,33,35,37,42H,15-16,18-22,24-26H2,(H,40,43)/t33-,35+,37+/m1/s1. The van der Waals surface area contributed by atoms with Crippen molar-refractivity contribution in [2.24, 2.45) is 0 Å². The second-order valence-electron chi connectivity index (χ2n) is 12.5. The van der Waals surface area contributed by atoms with E-state index < -0.39 is 12.1 Å². The van der Waals surface area contributed by atoms with Crippen molar-refractivity contribution in [1.29, 1.82) is 0 Å². The number of piperidine rings is 1. The molecular weight excluding hydrogens is 594 g/mol. The minimum absolute atomic E-state index is 0.0103. The van der Waals surface area contributed by atoms with E-state index in [0.717, 1.165) is 72.3 Å². The Kier molecular flexibility index (Phi) is 9.71. The van der Waals surface area contributed by atoms with Gasteiger partial charge in [0.25, 0.3) is 5.91 Å². The smallest absolute Gasteiger partial charge is 0.253 e. The SMILES string of the molecule is O=C(NCc1ccccc1-c1ccc([C@H]2O[C@@H](CN3CCC4(CC3)OCCO4)C[C@@H](c3ccc(CO)cc3)O2)cc1)c1cccnc1. The predicted molar refractivity (Wildman–Crippen MR) is 176 cm³/mol. The van der Waals surface area contributed by atoms with Gasteiger partial charge in [0, 0.05) is 63.4 Å². The minimum Gasteiger partial charge on any atom is -0.392 e. The number of aliphatic hydroxyl groups is 1. The van der Waals surface area contributed by atoms with Crippen molar-refractivity contribution in [3.05, 3.63) is 125 Å². The number of likely N-dealkylation sites (tertiary alicyclic amines) is 1. The Hall–Kier alpha value is -3.96. The number of benzene rings is 3. The zero-order valence-corrected chi connectivity index (χ0v) is 26.4. The molecular formula is C38H41N3O6. The molecule has 0 aliphatic carbocycles. The van der Waals surface area contributed by atoms with Gasteiger partial charge in [0.05, 0.1) is 37.6 Å². The Morgan fingerprint density at radius 3 is 2.36 bits per heavy atom. The van der Waals surface area contributed by atoms with Crippen LogP contribution >= 0.6 is 0 Å². The van der Waals surface area contributed by atoms with Gasteiger partial charge in [0.1, 0.15) is 0 Å². The third-order valence-electron chi connectivity index (χ3n) is 9.38. The molecule has 0 unspecified atom stereocenters. The van der Waals surface area contributed by atoms with Crippen molar-refractivity contribution in [1.82, 2.24) is 15.2 Å². The lowest BCUT2D eigenvalue weighted by Gasteiger charge is -2.41. The molecule has 9 heteroatoms. The van der Waals surface area contributed by atoms with Crippen LogP contribution in [0.3, 0.4) is 0 Å². The van der Waals surface area contributed by atoms with Gasteiger partial charge in [-0.25, -0.2) is 0 Å². The molecule has 244 valence electrons. The topological polar surface area (TPSA) is 102 Å². The molecule has 4 heterocycles. The van der Waals surface area contributed by atoms with E-state index in [1.54, 1.807) is 24.5 Å². The summed E-state index contributed by atoms with van der Waals surface area (Å²) in [6.45, 7) is 4.36. The number of hydrogen-bond donors (Lipinski definition) is 2. The number of nitrogens with one attached hydrogen (secondary N) is 1. The molecule has 3 aliphatic heterocycles. The summed E-state index contributed by atoms with van der Waals surface area (Å²) in [5.74, 6) is -0.563. The molecule has 0 saturated carbocycles. The third-order valence-corrected chi connectivity index (χ3v) is 9.38. The van der Waals surface area contributed by atoms with Crippen LogP contribution < -0.4 is 5.32 Å². The Labute approximate surface area is 275 Å². The quantitative estimate of drug-likeness (QED) is 0.247. The van der Waals surface area contributed by atoms with E-state index in [0.29, 0.717) is 25.3 Å². The molecule has 1 amide bonds. The summed E-state index contributed by atoms with van der Waals surface area (Å²) < 4.78 is 25.1. The fraction of sp³-hybridized carbons (Fsp3) is 0.368. The normalized spacial score (nSPS) is 22.7. The highest BCUT2D eigenvalue weighted by Gasteiger charge is 2.41. The molecule has 3 fully saturated rings. The maximum absolute atomic E-state index is 12.7. The number of rotatable bonds is 9. The summed E-state index contributed by atoms with van der Waals surface area (Å²) in [6, 6.07) is 27.9. The Morgan fingerprint density at radius 1 is 0.894 bits per heavy atom. The molecule has 4 aromatic rings. The first kappa shape index (κ1) is 31.6. The van der Waals surface area contributed by atoms with Crippen molar-refractivity contribution in [2.75, 3.05) is 32.8 Å². The number of hydrogen-bond acceptors (Lipinski definition) is 8. The first-order chi connectivity index (χ1) is 23.1. The number of ether oxygens (including phenoxy) is 4. The van der Waals surface area contributed by atoms with Crippen molar-refractivity contribution in [2.45, 2.75) is 56.7 Å². The molecule has 47 heavy (non-hydrogen) atoms. The molecule has 1 aromatic heterocycles. The van der Waals surface area contributed by atoms with Gasteiger partial charge in [0.15, 0.2) is 12.1 Å². The number of carbonyl (C=O) groups excluding carboxylic acids is 1. The number of carbonyl (C=O) groups is 1. The molecule has 7 rings (SSSR count). The highest BCUT2D eigenvalue weighted by molar-refractivity contribution is 5.93. The molecule has 9 nitrogen and oxygen atoms in total. The Morgan fingerprint density at radius 2 is 1.64 bits per heavy atom. The van der Waals surface area contributed by atoms with E-state index in [4.69, 9.17) is 18.9 Å². The second-order valence-corrected chi connectivity index (χ2v) is 12.5. The van der Waals surface area contributed by atoms with E-state index in [-0.39, 0.29) is 24.7 Å². The first-order valence-corrected chi connectivity index (χ1v) is 16.4. The van der Waals surface area contributed by atoms with Crippen LogP contribution in [0.5, 0.6) is 0 Å². The highest BCUT2D eigenvalue weighted by Crippen LogP contribution is 2.39. The number of aromatic nitrogens is 1. The monoisotopic (exact) mass is 635 g/mol. The lowest BCUT2D eigenvalue weighted by atomic mass is 9.97. The number of aliphatic hydroxyl groups excluding tert-OH is 1. The largest absolute Gasteiger partial charge is 0.392 e. The van der Waals surface area contributed by atoms with Crippen LogP contribution in [0, 0.1) is 0 Å². The van der Waals surface area contributed by atoms with Gasteiger partial charge in [-0.1, -0.05) is 72.8 Å². The molecule has 3 saturated heterocycles. The number of pyridine rings is 1. The summed E-state index contributed by atoms with van der Waals surface area (Å²) in [6.07, 6.45) is 4.98. The lowest BCUT2D eigenvalue weighted by Crippen LogP contribution is -2.48. The molecule has 3 aromatic carbocycles. The molecule has 1 spiro atoms. The molecule has 0 radical (unpaired) electrons. The summed E-state index contributed by atoms with van der Waals surface area (Å²) in [5.41, 5.74) is 6.54. The first-order valence-electron chi connectivity index (χ1n) is 16.4. The van der Waals surface area contributed by atoms with Crippen molar-refractivity contribution in [3.8, 4) is 11.1 Å². The second kappa shape index (κ2) is 14.4. The van der Waals surface area contributed by atoms with E-state index in [1.807, 2.05) is 42.5 Å². The molecule has 2 N–H and O–H groups in total. The van der Waals surface area contributed by atoms with Crippen LogP contribution in [-0.2, 0) is 32.1 Å². The van der Waals surface area contributed by atoms with Crippen LogP contribution in [0.4, 0.5) is 0 Å². The highest BCUT2D eigenvalue weighted by atomic mass is 16.7. The van der Waals surface area contributed by atoms with Crippen molar-refractivity contribution < 1.29 is 28.8 Å². The number of amides is 1. The van der Waals surface area contributed by atoms with Crippen LogP contribution in [0.25, 0.3) is 11.1 Å². The number of nitrogens with zero attached hydrogens (tertiary/aromatic N) is 2. The minimum atomic E-state index is -0.531. The van der Waals surface area contributed by atoms with Crippen LogP contribution in [0.15, 0.2) is 97.3 Å². The maximum atomic E-state index is 12.7. The Bertz CT molecular complexity index is 1620. The van der Waals surface area contributed by atoms with Gasteiger partial charge >= 0.3 is 0 Å². The van der Waals surface area contributed by atoms with Crippen LogP contribution in [0.1, 0.15) is 64.3 Å². The Balaban J connectivity index is 1.06. The zero-order chi connectivity index (χ0) is 32.1. The maximum Gasteiger partial charge on any atom is 0.253 e. The van der Waals surface area contributed by atoms with E-state index in [2.05, 4.69) is 45.5 Å². The van der Waals surface area contributed by atoms with Crippen molar-refractivity contribution >= 4 is 5.91 Å². The van der Waals surface area contributed by atoms with Crippen LogP contribution in [0.2, 0.25) is 0 Å². The predicted octanol–water partition coefficient (Wildman–Crippen LogP) is 5.56. The van der Waals surface area contributed by atoms with Gasteiger partial charge < -0.3 is 34.3 Å². The van der Waals surface area contributed by atoms with E-state index >= 15 is 0 Å². The summed E-state index contributed by atoms with van der Waals surface area (Å²) in [7, 11) is 0. The fourth-order valence-electron chi connectivity index (χ4n) is 6.73. The van der Waals surface area contributed by atoms with Gasteiger partial charge in [-0.2, -0.15) is 0 Å². The van der Waals surface area contributed by atoms with Gasteiger partial charge in [0.2, 0.25) is 0 Å². The van der Waals surface area contributed by atoms with Crippen LogP contribution in [-0.4, -0.2) is 65.6 Å². The van der Waals surface area contributed by atoms with Gasteiger partial charge in [-0.05, 0) is 39.9 Å². The lowest BCUT2D eigenvalue weighted by molar-refractivity contribution is -0.255.